The molecule has 0 bridgehead atoms. The summed E-state index contributed by atoms with van der Waals surface area (Å²) < 4.78 is 3.09. The van der Waals surface area contributed by atoms with Crippen LogP contribution in [0.5, 0.6) is 0 Å². The zero-order chi connectivity index (χ0) is 14.7. The number of halogens is 1. The number of hydrogen-bond donors (Lipinski definition) is 1. The fourth-order valence-electron chi connectivity index (χ4n) is 2.70. The van der Waals surface area contributed by atoms with Crippen molar-refractivity contribution in [3.63, 3.8) is 0 Å². The number of aromatic nitrogens is 2. The number of nitrogens with one attached hydrogen (secondary N) is 1. The lowest BCUT2D eigenvalue weighted by Crippen LogP contribution is -2.38. The third-order valence-electron chi connectivity index (χ3n) is 3.98. The predicted octanol–water partition coefficient (Wildman–Crippen LogP) is 1.84. The SMILES string of the molecule is CC(=O)NCC1CCN(Cc2c(Br)c(C)nn2C)CC1. The molecule has 1 aromatic rings. The van der Waals surface area contributed by atoms with Crippen molar-refractivity contribution < 1.29 is 4.79 Å². The van der Waals surface area contributed by atoms with Crippen LogP contribution in [0.15, 0.2) is 4.47 Å². The summed E-state index contributed by atoms with van der Waals surface area (Å²) in [6, 6.07) is 0. The maximum absolute atomic E-state index is 10.9. The van der Waals surface area contributed by atoms with Gasteiger partial charge in [0.05, 0.1) is 15.9 Å². The summed E-state index contributed by atoms with van der Waals surface area (Å²) in [6.07, 6.45) is 2.30. The van der Waals surface area contributed by atoms with Gasteiger partial charge in [-0.25, -0.2) is 0 Å². The van der Waals surface area contributed by atoms with Crippen LogP contribution in [0.4, 0.5) is 0 Å². The molecule has 2 heterocycles. The molecular formula is C14H23BrN4O. The number of likely N-dealkylation sites (tertiary alicyclic amines) is 1. The minimum atomic E-state index is 0.0710. The number of piperidine rings is 1. The average molecular weight is 343 g/mol. The maximum atomic E-state index is 10.9. The van der Waals surface area contributed by atoms with Gasteiger partial charge in [0, 0.05) is 27.1 Å². The second-order valence-electron chi connectivity index (χ2n) is 5.63. The van der Waals surface area contributed by atoms with E-state index in [4.69, 9.17) is 0 Å². The average Bonchev–Trinajstić information content (AvgIpc) is 2.64. The van der Waals surface area contributed by atoms with E-state index < -0.39 is 0 Å². The summed E-state index contributed by atoms with van der Waals surface area (Å²) in [5.41, 5.74) is 2.28. The normalized spacial score (nSPS) is 17.4. The Morgan fingerprint density at radius 3 is 2.60 bits per heavy atom. The van der Waals surface area contributed by atoms with Crippen molar-refractivity contribution in [1.29, 1.82) is 0 Å². The minimum absolute atomic E-state index is 0.0710. The van der Waals surface area contributed by atoms with E-state index in [9.17, 15) is 4.79 Å². The minimum Gasteiger partial charge on any atom is -0.356 e. The molecule has 1 aliphatic heterocycles. The van der Waals surface area contributed by atoms with E-state index in [1.165, 1.54) is 5.69 Å². The molecule has 0 spiro atoms. The zero-order valence-corrected chi connectivity index (χ0v) is 14.0. The highest BCUT2D eigenvalue weighted by molar-refractivity contribution is 9.10. The van der Waals surface area contributed by atoms with Crippen LogP contribution in [0.25, 0.3) is 0 Å². The van der Waals surface area contributed by atoms with Gasteiger partial charge in [-0.05, 0) is 54.7 Å². The van der Waals surface area contributed by atoms with E-state index in [2.05, 4.69) is 31.2 Å². The molecular weight excluding hydrogens is 320 g/mol. The first kappa shape index (κ1) is 15.5. The second-order valence-corrected chi connectivity index (χ2v) is 6.42. The highest BCUT2D eigenvalue weighted by atomic mass is 79.9. The molecule has 5 nitrogen and oxygen atoms in total. The Bertz CT molecular complexity index is 478. The van der Waals surface area contributed by atoms with E-state index in [1.807, 2.05) is 18.7 Å². The van der Waals surface area contributed by atoms with E-state index in [0.717, 1.165) is 49.2 Å². The molecule has 1 saturated heterocycles. The first-order chi connectivity index (χ1) is 9.47. The molecule has 1 fully saturated rings. The van der Waals surface area contributed by atoms with Gasteiger partial charge < -0.3 is 5.32 Å². The monoisotopic (exact) mass is 342 g/mol. The number of aryl methyl sites for hydroxylation is 2. The van der Waals surface area contributed by atoms with Crippen LogP contribution in [0.1, 0.15) is 31.2 Å². The third kappa shape index (κ3) is 3.82. The van der Waals surface area contributed by atoms with Crippen LogP contribution < -0.4 is 5.32 Å². The number of carbonyl (C=O) groups is 1. The second kappa shape index (κ2) is 6.72. The molecule has 112 valence electrons. The van der Waals surface area contributed by atoms with Crippen molar-refractivity contribution in [2.45, 2.75) is 33.2 Å². The van der Waals surface area contributed by atoms with Gasteiger partial charge in [0.25, 0.3) is 0 Å². The molecule has 1 aromatic heterocycles. The van der Waals surface area contributed by atoms with Gasteiger partial charge in [0.2, 0.25) is 5.91 Å². The molecule has 1 aliphatic rings. The molecule has 6 heteroatoms. The van der Waals surface area contributed by atoms with E-state index in [-0.39, 0.29) is 5.91 Å². The summed E-state index contributed by atoms with van der Waals surface area (Å²) in [4.78, 5) is 13.4. The highest BCUT2D eigenvalue weighted by Gasteiger charge is 2.21. The lowest BCUT2D eigenvalue weighted by Gasteiger charge is -2.32. The number of rotatable bonds is 4. The Morgan fingerprint density at radius 1 is 1.45 bits per heavy atom. The van der Waals surface area contributed by atoms with Gasteiger partial charge in [-0.15, -0.1) is 0 Å². The summed E-state index contributed by atoms with van der Waals surface area (Å²) in [7, 11) is 2.00. The Kier molecular flexibility index (Phi) is 5.21. The van der Waals surface area contributed by atoms with E-state index >= 15 is 0 Å². The molecule has 1 amide bonds. The standard InChI is InChI=1S/C14H23BrN4O/c1-10-14(15)13(18(3)17-10)9-19-6-4-12(5-7-19)8-16-11(2)20/h12H,4-9H2,1-3H3,(H,16,20). The molecule has 0 unspecified atom stereocenters. The van der Waals surface area contributed by atoms with Gasteiger partial charge in [0.1, 0.15) is 0 Å². The summed E-state index contributed by atoms with van der Waals surface area (Å²) >= 11 is 3.62. The molecule has 0 atom stereocenters. The van der Waals surface area contributed by atoms with Crippen LogP contribution in [-0.2, 0) is 18.4 Å². The summed E-state index contributed by atoms with van der Waals surface area (Å²) in [5, 5.41) is 7.36. The molecule has 0 saturated carbocycles. The molecule has 0 aromatic carbocycles. The fraction of sp³-hybridized carbons (Fsp3) is 0.714. The number of hydrogen-bond acceptors (Lipinski definition) is 3. The van der Waals surface area contributed by atoms with Crippen molar-refractivity contribution in [3.05, 3.63) is 15.9 Å². The van der Waals surface area contributed by atoms with Crippen molar-refractivity contribution in [2.24, 2.45) is 13.0 Å². The Balaban J connectivity index is 1.84. The number of carbonyl (C=O) groups excluding carboxylic acids is 1. The maximum Gasteiger partial charge on any atom is 0.216 e. The third-order valence-corrected chi connectivity index (χ3v) is 5.01. The molecule has 20 heavy (non-hydrogen) atoms. The van der Waals surface area contributed by atoms with Gasteiger partial charge in [-0.1, -0.05) is 0 Å². The smallest absolute Gasteiger partial charge is 0.216 e. The van der Waals surface area contributed by atoms with Crippen LogP contribution in [0, 0.1) is 12.8 Å². The Hall–Kier alpha value is -0.880. The van der Waals surface area contributed by atoms with Gasteiger partial charge in [-0.2, -0.15) is 5.10 Å². The molecule has 2 rings (SSSR count). The van der Waals surface area contributed by atoms with Crippen LogP contribution >= 0.6 is 15.9 Å². The van der Waals surface area contributed by atoms with Crippen LogP contribution in [0.2, 0.25) is 0 Å². The first-order valence-corrected chi connectivity index (χ1v) is 7.91. The lowest BCUT2D eigenvalue weighted by atomic mass is 9.96. The zero-order valence-electron chi connectivity index (χ0n) is 12.4. The number of amides is 1. The van der Waals surface area contributed by atoms with Crippen molar-refractivity contribution in [3.8, 4) is 0 Å². The molecule has 1 N–H and O–H groups in total. The Morgan fingerprint density at radius 2 is 2.10 bits per heavy atom. The largest absolute Gasteiger partial charge is 0.356 e. The van der Waals surface area contributed by atoms with Crippen molar-refractivity contribution in [1.82, 2.24) is 20.0 Å². The predicted molar refractivity (Wildman–Crippen MR) is 82.3 cm³/mol. The summed E-state index contributed by atoms with van der Waals surface area (Å²) in [6.45, 7) is 7.52. The number of nitrogens with zero attached hydrogens (tertiary/aromatic N) is 3. The van der Waals surface area contributed by atoms with E-state index in [1.54, 1.807) is 6.92 Å². The van der Waals surface area contributed by atoms with Crippen molar-refractivity contribution >= 4 is 21.8 Å². The topological polar surface area (TPSA) is 50.2 Å². The first-order valence-electron chi connectivity index (χ1n) is 7.12. The molecule has 0 aliphatic carbocycles. The highest BCUT2D eigenvalue weighted by Crippen LogP contribution is 2.24. The summed E-state index contributed by atoms with van der Waals surface area (Å²) in [5.74, 6) is 0.689. The van der Waals surface area contributed by atoms with Gasteiger partial charge >= 0.3 is 0 Å². The van der Waals surface area contributed by atoms with E-state index in [0.29, 0.717) is 5.92 Å². The quantitative estimate of drug-likeness (QED) is 0.908. The van der Waals surface area contributed by atoms with Crippen molar-refractivity contribution in [2.75, 3.05) is 19.6 Å². The fourth-order valence-corrected chi connectivity index (χ4v) is 3.16. The van der Waals surface area contributed by atoms with Crippen LogP contribution in [-0.4, -0.2) is 40.2 Å². The van der Waals surface area contributed by atoms with Gasteiger partial charge in [0.15, 0.2) is 0 Å². The molecule has 0 radical (unpaired) electrons. The lowest BCUT2D eigenvalue weighted by molar-refractivity contribution is -0.119. The van der Waals surface area contributed by atoms with Gasteiger partial charge in [-0.3, -0.25) is 14.4 Å². The van der Waals surface area contributed by atoms with Crippen LogP contribution in [0.3, 0.4) is 0 Å². The Labute approximate surface area is 128 Å².